The number of hydrogen-bond donors (Lipinski definition) is 2. The van der Waals surface area contributed by atoms with Crippen LogP contribution in [-0.4, -0.2) is 43.8 Å². The Morgan fingerprint density at radius 1 is 1.39 bits per heavy atom. The first-order chi connectivity index (χ1) is 15.1. The van der Waals surface area contributed by atoms with Crippen molar-refractivity contribution < 1.29 is 9.53 Å². The molecule has 162 valence electrons. The summed E-state index contributed by atoms with van der Waals surface area (Å²) < 4.78 is 8.61. The van der Waals surface area contributed by atoms with Crippen molar-refractivity contribution in [3.63, 3.8) is 0 Å². The number of nitrogens with one attached hydrogen (secondary N) is 2. The zero-order valence-electron chi connectivity index (χ0n) is 16.6. The van der Waals surface area contributed by atoms with Crippen LogP contribution in [0.2, 0.25) is 0 Å². The highest BCUT2D eigenvalue weighted by Crippen LogP contribution is 2.48. The lowest BCUT2D eigenvalue weighted by molar-refractivity contribution is -0.118. The van der Waals surface area contributed by atoms with E-state index in [9.17, 15) is 4.79 Å². The van der Waals surface area contributed by atoms with Crippen LogP contribution in [0.15, 0.2) is 42.3 Å². The van der Waals surface area contributed by atoms with E-state index in [0.717, 1.165) is 34.3 Å². The molecule has 2 N–H and O–H groups in total. The van der Waals surface area contributed by atoms with Gasteiger partial charge in [0.1, 0.15) is 11.6 Å². The number of rotatable bonds is 9. The van der Waals surface area contributed by atoms with E-state index in [0.29, 0.717) is 27.5 Å². The minimum atomic E-state index is -0.239. The molecule has 0 aliphatic carbocycles. The van der Waals surface area contributed by atoms with Crippen LogP contribution in [0.3, 0.4) is 0 Å². The molecular weight excluding hydrogens is 471 g/mol. The van der Waals surface area contributed by atoms with Crippen LogP contribution in [0.5, 0.6) is 5.75 Å². The van der Waals surface area contributed by atoms with Crippen molar-refractivity contribution in [2.24, 2.45) is 0 Å². The largest absolute Gasteiger partial charge is 0.483 e. The number of carbonyl (C=O) groups is 1. The fourth-order valence-electron chi connectivity index (χ4n) is 3.05. The number of thioether (sulfide) groups is 2. The first kappa shape index (κ1) is 22.1. The fourth-order valence-corrected chi connectivity index (χ4v) is 6.91. The molecule has 0 spiro atoms. The van der Waals surface area contributed by atoms with Gasteiger partial charge in [-0.05, 0) is 18.3 Å². The van der Waals surface area contributed by atoms with Crippen LogP contribution < -0.4 is 10.1 Å². The third kappa shape index (κ3) is 5.59. The number of benzene rings is 1. The Kier molecular flexibility index (Phi) is 7.49. The van der Waals surface area contributed by atoms with E-state index in [1.54, 1.807) is 6.08 Å². The Bertz CT molecular complexity index is 1120. The molecule has 1 fully saturated rings. The molecule has 3 aromatic rings. The quantitative estimate of drug-likeness (QED) is 0.332. The van der Waals surface area contributed by atoms with Gasteiger partial charge in [0.15, 0.2) is 16.5 Å². The molecule has 3 heterocycles. The lowest BCUT2D eigenvalue weighted by atomic mass is 10.2. The van der Waals surface area contributed by atoms with Crippen molar-refractivity contribution >= 4 is 58.1 Å². The van der Waals surface area contributed by atoms with Gasteiger partial charge in [-0.25, -0.2) is 4.98 Å². The minimum Gasteiger partial charge on any atom is -0.483 e. The van der Waals surface area contributed by atoms with Gasteiger partial charge in [-0.3, -0.25) is 19.8 Å². The van der Waals surface area contributed by atoms with E-state index in [1.807, 2.05) is 51.7 Å². The van der Waals surface area contributed by atoms with Gasteiger partial charge in [0, 0.05) is 29.0 Å². The summed E-state index contributed by atoms with van der Waals surface area (Å²) in [6, 6.07) is 7.92. The van der Waals surface area contributed by atoms with Gasteiger partial charge in [0.25, 0.3) is 5.91 Å². The van der Waals surface area contributed by atoms with Gasteiger partial charge in [0.2, 0.25) is 0 Å². The van der Waals surface area contributed by atoms with Crippen LogP contribution in [0.4, 0.5) is 5.13 Å². The summed E-state index contributed by atoms with van der Waals surface area (Å²) in [5, 5.41) is 12.3. The predicted molar refractivity (Wildman–Crippen MR) is 131 cm³/mol. The van der Waals surface area contributed by atoms with Gasteiger partial charge < -0.3 is 4.74 Å². The normalized spacial score (nSPS) is 13.9. The van der Waals surface area contributed by atoms with E-state index in [4.69, 9.17) is 17.0 Å². The molecule has 0 bridgehead atoms. The lowest BCUT2D eigenvalue weighted by Gasteiger charge is -2.14. The standard InChI is InChI=1S/C20H21N5O2S4/c1-2-7-25-16(23-24-20(25)28)10-13-12-31-19(21-13)22-17(26)11-27-15-6-4-3-5-14(15)18-29-8-9-30-18/h2-6,12,18H,1,7-11H2,(H,24,28)(H,21,22,26). The zero-order chi connectivity index (χ0) is 21.6. The molecule has 1 aliphatic rings. The van der Waals surface area contributed by atoms with Crippen molar-refractivity contribution in [3.05, 3.63) is 64.2 Å². The third-order valence-electron chi connectivity index (χ3n) is 4.44. The first-order valence-corrected chi connectivity index (χ1v) is 13.0. The minimum absolute atomic E-state index is 0.0635. The van der Waals surface area contributed by atoms with Crippen molar-refractivity contribution in [2.45, 2.75) is 17.5 Å². The van der Waals surface area contributed by atoms with Crippen LogP contribution in [-0.2, 0) is 17.8 Å². The SMILES string of the molecule is C=CCn1c(Cc2csc(NC(=O)COc3ccccc3C3SCCS3)n2)n[nH]c1=S. The van der Waals surface area contributed by atoms with E-state index < -0.39 is 0 Å². The highest BCUT2D eigenvalue weighted by molar-refractivity contribution is 8.19. The number of hydrogen-bond acceptors (Lipinski definition) is 8. The third-order valence-corrected chi connectivity index (χ3v) is 8.63. The Morgan fingerprint density at radius 2 is 2.19 bits per heavy atom. The zero-order valence-corrected chi connectivity index (χ0v) is 19.8. The molecule has 0 saturated carbocycles. The number of carbonyl (C=O) groups excluding carboxylic acids is 1. The van der Waals surface area contributed by atoms with Crippen molar-refractivity contribution in [1.82, 2.24) is 19.7 Å². The van der Waals surface area contributed by atoms with Crippen molar-refractivity contribution in [2.75, 3.05) is 23.4 Å². The monoisotopic (exact) mass is 491 g/mol. The molecule has 0 atom stereocenters. The molecular formula is C20H21N5O2S4. The number of para-hydroxylation sites is 1. The Balaban J connectivity index is 1.34. The molecule has 31 heavy (non-hydrogen) atoms. The number of H-pyrrole nitrogens is 1. The second-order valence-corrected chi connectivity index (χ2v) is 10.6. The molecule has 1 saturated heterocycles. The maximum Gasteiger partial charge on any atom is 0.264 e. The lowest BCUT2D eigenvalue weighted by Crippen LogP contribution is -2.20. The molecule has 11 heteroatoms. The first-order valence-electron chi connectivity index (χ1n) is 9.58. The number of thiazole rings is 1. The Morgan fingerprint density at radius 3 is 3.00 bits per heavy atom. The van der Waals surface area contributed by atoms with E-state index in [1.165, 1.54) is 11.3 Å². The molecule has 0 unspecified atom stereocenters. The molecule has 1 aliphatic heterocycles. The molecule has 0 radical (unpaired) electrons. The van der Waals surface area contributed by atoms with Crippen LogP contribution in [0.25, 0.3) is 0 Å². The Labute approximate surface area is 197 Å². The van der Waals surface area contributed by atoms with Crippen LogP contribution in [0, 0.1) is 4.77 Å². The summed E-state index contributed by atoms with van der Waals surface area (Å²) in [5.74, 6) is 3.56. The second-order valence-electron chi connectivity index (χ2n) is 6.61. The van der Waals surface area contributed by atoms with Gasteiger partial charge >= 0.3 is 0 Å². The van der Waals surface area contributed by atoms with Gasteiger partial charge in [-0.15, -0.1) is 41.4 Å². The summed E-state index contributed by atoms with van der Waals surface area (Å²) in [6.07, 6.45) is 2.28. The van der Waals surface area contributed by atoms with Gasteiger partial charge in [0.05, 0.1) is 16.7 Å². The molecule has 2 aromatic heterocycles. The topological polar surface area (TPSA) is 84.8 Å². The summed E-state index contributed by atoms with van der Waals surface area (Å²) in [7, 11) is 0. The number of anilines is 1. The van der Waals surface area contributed by atoms with Gasteiger partial charge in [-0.1, -0.05) is 24.3 Å². The summed E-state index contributed by atoms with van der Waals surface area (Å²) in [6.45, 7) is 4.26. The summed E-state index contributed by atoms with van der Waals surface area (Å²) in [5.41, 5.74) is 1.94. The number of nitrogens with zero attached hydrogens (tertiary/aromatic N) is 3. The number of allylic oxidation sites excluding steroid dienone is 1. The van der Waals surface area contributed by atoms with E-state index in [-0.39, 0.29) is 12.5 Å². The molecule has 1 amide bonds. The molecule has 1 aromatic carbocycles. The Hall–Kier alpha value is -2.08. The molecule has 4 rings (SSSR count). The van der Waals surface area contributed by atoms with Gasteiger partial charge in [-0.2, -0.15) is 5.10 Å². The number of amides is 1. The number of aromatic nitrogens is 4. The van der Waals surface area contributed by atoms with Crippen molar-refractivity contribution in [3.8, 4) is 5.75 Å². The van der Waals surface area contributed by atoms with Crippen molar-refractivity contribution in [1.29, 1.82) is 0 Å². The highest BCUT2D eigenvalue weighted by atomic mass is 32.2. The molecule has 7 nitrogen and oxygen atoms in total. The maximum absolute atomic E-state index is 12.4. The second kappa shape index (κ2) is 10.5. The average molecular weight is 492 g/mol. The summed E-state index contributed by atoms with van der Waals surface area (Å²) in [4.78, 5) is 16.9. The van der Waals surface area contributed by atoms with E-state index in [2.05, 4.69) is 33.1 Å². The maximum atomic E-state index is 12.4. The average Bonchev–Trinajstić information content (AvgIpc) is 3.52. The number of ether oxygens (including phenoxy) is 1. The highest BCUT2D eigenvalue weighted by Gasteiger charge is 2.22. The van der Waals surface area contributed by atoms with E-state index >= 15 is 0 Å². The summed E-state index contributed by atoms with van der Waals surface area (Å²) >= 11 is 10.4. The smallest absolute Gasteiger partial charge is 0.264 e. The predicted octanol–water partition coefficient (Wildman–Crippen LogP) is 4.67. The number of aromatic amines is 1. The fraction of sp³-hybridized carbons (Fsp3) is 0.300. The van der Waals surface area contributed by atoms with Crippen LogP contribution in [0.1, 0.15) is 21.7 Å². The van der Waals surface area contributed by atoms with Crippen LogP contribution >= 0.6 is 47.1 Å².